The van der Waals surface area contributed by atoms with Gasteiger partial charge in [-0.3, -0.25) is 19.8 Å². The predicted octanol–water partition coefficient (Wildman–Crippen LogP) is 3.08. The van der Waals surface area contributed by atoms with Gasteiger partial charge in [-0.25, -0.2) is 13.6 Å². The quantitative estimate of drug-likeness (QED) is 0.334. The van der Waals surface area contributed by atoms with Crippen LogP contribution in [0.15, 0.2) is 18.2 Å². The van der Waals surface area contributed by atoms with Crippen molar-refractivity contribution >= 4 is 29.2 Å². The van der Waals surface area contributed by atoms with E-state index in [0.717, 1.165) is 11.0 Å². The van der Waals surface area contributed by atoms with Gasteiger partial charge < -0.3 is 18.8 Å². The average molecular weight is 586 g/mol. The summed E-state index contributed by atoms with van der Waals surface area (Å²) >= 11 is -1.83. The first-order valence-corrected chi connectivity index (χ1v) is 14.7. The lowest BCUT2D eigenvalue weighted by Gasteiger charge is -2.38. The van der Waals surface area contributed by atoms with Gasteiger partial charge in [0, 0.05) is 55.4 Å². The average Bonchev–Trinajstić information content (AvgIpc) is 2.91. The molecule has 4 atom stereocenters. The maximum absolute atomic E-state index is 16.2. The van der Waals surface area contributed by atoms with E-state index >= 15 is 8.78 Å². The third-order valence-electron chi connectivity index (χ3n) is 7.24. The van der Waals surface area contributed by atoms with Gasteiger partial charge in [-0.1, -0.05) is 0 Å². The fourth-order valence-corrected chi connectivity index (χ4v) is 5.79. The summed E-state index contributed by atoms with van der Waals surface area (Å²) in [6.45, 7) is 6.80. The number of barbiturate groups is 1. The van der Waals surface area contributed by atoms with E-state index in [2.05, 4.69) is 10.0 Å². The van der Waals surface area contributed by atoms with Crippen molar-refractivity contribution in [2.45, 2.75) is 82.0 Å². The summed E-state index contributed by atoms with van der Waals surface area (Å²) in [4.78, 5) is 39.5. The Morgan fingerprint density at radius 2 is 1.75 bits per heavy atom. The number of alkyl halides is 1. The zero-order valence-corrected chi connectivity index (χ0v) is 23.8. The second kappa shape index (κ2) is 13.1. The van der Waals surface area contributed by atoms with Gasteiger partial charge in [-0.15, -0.1) is 4.72 Å². The van der Waals surface area contributed by atoms with Gasteiger partial charge in [0.1, 0.15) is 40.5 Å². The second-order valence-corrected chi connectivity index (χ2v) is 13.2. The zero-order valence-electron chi connectivity index (χ0n) is 23.0. The van der Waals surface area contributed by atoms with Crippen molar-refractivity contribution in [3.63, 3.8) is 0 Å². The lowest BCUT2D eigenvalue weighted by molar-refractivity contribution is -0.146. The van der Waals surface area contributed by atoms with E-state index in [-0.39, 0.29) is 11.7 Å². The van der Waals surface area contributed by atoms with Crippen LogP contribution in [0.25, 0.3) is 0 Å². The van der Waals surface area contributed by atoms with Gasteiger partial charge in [-0.05, 0) is 51.8 Å². The first kappa shape index (κ1) is 30.6. The summed E-state index contributed by atoms with van der Waals surface area (Å²) in [5.41, 5.74) is -0.143. The minimum Gasteiger partial charge on any atom is -0.598 e. The molecule has 40 heavy (non-hydrogen) atoms. The van der Waals surface area contributed by atoms with Crippen molar-refractivity contribution in [1.82, 2.24) is 14.9 Å². The van der Waals surface area contributed by atoms with Gasteiger partial charge in [0.05, 0.1) is 13.2 Å². The highest BCUT2D eigenvalue weighted by atomic mass is 32.2. The number of carbonyl (C=O) groups excluding carboxylic acids is 3. The molecule has 1 aromatic carbocycles. The van der Waals surface area contributed by atoms with Gasteiger partial charge in [-0.2, -0.15) is 0 Å². The van der Waals surface area contributed by atoms with Crippen molar-refractivity contribution in [1.29, 1.82) is 0 Å². The van der Waals surface area contributed by atoms with Crippen LogP contribution in [-0.2, 0) is 30.4 Å². The van der Waals surface area contributed by atoms with Crippen molar-refractivity contribution in [3.05, 3.63) is 29.6 Å². The van der Waals surface area contributed by atoms with Crippen LogP contribution in [0, 0.1) is 11.7 Å². The smallest absolute Gasteiger partial charge is 0.331 e. The Hall–Kier alpha value is -2.32. The first-order chi connectivity index (χ1) is 19.0. The third-order valence-corrected chi connectivity index (χ3v) is 8.82. The van der Waals surface area contributed by atoms with Crippen molar-refractivity contribution in [2.75, 3.05) is 26.4 Å². The second-order valence-electron chi connectivity index (χ2n) is 11.2. The molecule has 3 fully saturated rings. The van der Waals surface area contributed by atoms with Crippen LogP contribution in [0.3, 0.4) is 0 Å². The highest BCUT2D eigenvalue weighted by Gasteiger charge is 2.46. The molecule has 0 aliphatic carbocycles. The molecule has 0 spiro atoms. The Bertz CT molecular complexity index is 1080. The standard InChI is InChI=1S/C27H37F2N3O7S/c1-27(2,3)40(36)31-23(19-14-18(4-5-21(19)28)39-17-8-12-38-13-9-17)22(29)15-20-24(33)30-26(35)32(25(20)34)16-6-10-37-11-7-16/h4-5,14,16-17,20,22-23,31H,6-13,15H2,1-3H3,(H,30,33,35)/t20?,22-,23-,40?/m0/s1. The Morgan fingerprint density at radius 3 is 2.38 bits per heavy atom. The van der Waals surface area contributed by atoms with Crippen LogP contribution >= 0.6 is 0 Å². The van der Waals surface area contributed by atoms with Gasteiger partial charge >= 0.3 is 6.03 Å². The van der Waals surface area contributed by atoms with E-state index < -0.39 is 70.4 Å². The van der Waals surface area contributed by atoms with Crippen LogP contribution in [-0.4, -0.2) is 76.8 Å². The van der Waals surface area contributed by atoms with Crippen LogP contribution in [0.5, 0.6) is 5.75 Å². The van der Waals surface area contributed by atoms with E-state index in [1.165, 1.54) is 12.1 Å². The van der Waals surface area contributed by atoms with E-state index in [1.807, 2.05) is 0 Å². The molecule has 4 rings (SSSR count). The van der Waals surface area contributed by atoms with Crippen LogP contribution < -0.4 is 14.8 Å². The van der Waals surface area contributed by atoms with Crippen molar-refractivity contribution in [3.8, 4) is 5.75 Å². The maximum Gasteiger partial charge on any atom is 0.331 e. The number of imide groups is 2. The molecule has 3 aliphatic rings. The highest BCUT2D eigenvalue weighted by molar-refractivity contribution is 7.90. The fourth-order valence-electron chi connectivity index (χ4n) is 4.94. The van der Waals surface area contributed by atoms with E-state index in [0.29, 0.717) is 57.9 Å². The SMILES string of the molecule is CC(C)(C)[S+]([O-])N[C@@H](c1cc(OC2CCOCC2)ccc1F)[C@@H](F)CC1C(=O)NC(=O)N(C2CCOCC2)C1=O. The molecule has 3 heterocycles. The molecule has 4 amide bonds. The molecule has 0 saturated carbocycles. The Balaban J connectivity index is 1.59. The lowest BCUT2D eigenvalue weighted by Crippen LogP contribution is -2.62. The number of rotatable bonds is 9. The summed E-state index contributed by atoms with van der Waals surface area (Å²) in [7, 11) is 0. The molecule has 3 saturated heterocycles. The molecule has 13 heteroatoms. The number of hydrogen-bond donors (Lipinski definition) is 2. The van der Waals surface area contributed by atoms with Crippen molar-refractivity contribution in [2.24, 2.45) is 5.92 Å². The highest BCUT2D eigenvalue weighted by Crippen LogP contribution is 2.34. The number of ether oxygens (including phenoxy) is 3. The lowest BCUT2D eigenvalue weighted by atomic mass is 9.90. The van der Waals surface area contributed by atoms with Crippen LogP contribution in [0.2, 0.25) is 0 Å². The Kier molecular flexibility index (Phi) is 10.0. The van der Waals surface area contributed by atoms with Crippen LogP contribution in [0.4, 0.5) is 13.6 Å². The summed E-state index contributed by atoms with van der Waals surface area (Å²) in [5, 5.41) is 2.16. The molecule has 10 nitrogen and oxygen atoms in total. The van der Waals surface area contributed by atoms with Gasteiger partial charge in [0.15, 0.2) is 0 Å². The van der Waals surface area contributed by atoms with E-state index in [4.69, 9.17) is 14.2 Å². The zero-order chi connectivity index (χ0) is 29.0. The Morgan fingerprint density at radius 1 is 1.12 bits per heavy atom. The minimum atomic E-state index is -2.02. The molecule has 0 bridgehead atoms. The molecule has 3 aliphatic heterocycles. The third kappa shape index (κ3) is 7.30. The first-order valence-electron chi connectivity index (χ1n) is 13.6. The number of nitrogens with one attached hydrogen (secondary N) is 2. The number of halogens is 2. The normalized spacial score (nSPS) is 24.0. The van der Waals surface area contributed by atoms with E-state index in [1.54, 1.807) is 20.8 Å². The number of carbonyl (C=O) groups is 3. The molecule has 2 unspecified atom stereocenters. The van der Waals surface area contributed by atoms with Crippen molar-refractivity contribution < 1.29 is 41.9 Å². The number of amides is 4. The largest absolute Gasteiger partial charge is 0.598 e. The molecular weight excluding hydrogens is 548 g/mol. The molecule has 1 aromatic rings. The molecule has 0 aromatic heterocycles. The topological polar surface area (TPSA) is 129 Å². The predicted molar refractivity (Wildman–Crippen MR) is 142 cm³/mol. The Labute approximate surface area is 235 Å². The summed E-state index contributed by atoms with van der Waals surface area (Å²) in [5.74, 6) is -3.70. The number of hydrogen-bond acceptors (Lipinski definition) is 8. The van der Waals surface area contributed by atoms with Gasteiger partial charge in [0.2, 0.25) is 11.8 Å². The number of benzene rings is 1. The van der Waals surface area contributed by atoms with Crippen LogP contribution in [0.1, 0.15) is 64.5 Å². The summed E-state index contributed by atoms with van der Waals surface area (Å²) < 4.78 is 62.9. The summed E-state index contributed by atoms with van der Waals surface area (Å²) in [6.07, 6.45) is -0.728. The monoisotopic (exact) mass is 585 g/mol. The summed E-state index contributed by atoms with van der Waals surface area (Å²) in [6, 6.07) is 1.14. The number of nitrogens with zero attached hydrogens (tertiary/aromatic N) is 1. The van der Waals surface area contributed by atoms with Gasteiger partial charge in [0.25, 0.3) is 0 Å². The van der Waals surface area contributed by atoms with E-state index in [9.17, 15) is 18.9 Å². The minimum absolute atomic E-state index is 0.143. The fraction of sp³-hybridized carbons (Fsp3) is 0.667. The molecular formula is C27H37F2N3O7S. The maximum atomic E-state index is 16.2. The molecule has 222 valence electrons. The molecule has 0 radical (unpaired) electrons. The number of urea groups is 1. The molecule has 2 N–H and O–H groups in total.